The van der Waals surface area contributed by atoms with Gasteiger partial charge in [0, 0.05) is 17.8 Å². The van der Waals surface area contributed by atoms with Gasteiger partial charge in [0.2, 0.25) is 5.91 Å². The molecule has 2 bridgehead atoms. The van der Waals surface area contributed by atoms with E-state index in [2.05, 4.69) is 10.6 Å². The number of hydrogen-bond donors (Lipinski definition) is 3. The SMILES string of the molecule is O=C(O)c1cc(NC(=O)C2CC3CCC2N3)ccc1F. The second kappa shape index (κ2) is 4.86. The lowest BCUT2D eigenvalue weighted by Crippen LogP contribution is -2.32. The Kier molecular flexibility index (Phi) is 3.17. The summed E-state index contributed by atoms with van der Waals surface area (Å²) >= 11 is 0. The normalized spacial score (nSPS) is 27.6. The number of aromatic carboxylic acids is 1. The minimum Gasteiger partial charge on any atom is -0.478 e. The highest BCUT2D eigenvalue weighted by Gasteiger charge is 2.42. The van der Waals surface area contributed by atoms with Crippen molar-refractivity contribution in [2.45, 2.75) is 31.3 Å². The molecule has 1 amide bonds. The number of carboxylic acid groups (broad SMARTS) is 1. The first kappa shape index (κ1) is 13.1. The van der Waals surface area contributed by atoms with E-state index in [9.17, 15) is 14.0 Å². The summed E-state index contributed by atoms with van der Waals surface area (Å²) in [7, 11) is 0. The number of carbonyl (C=O) groups is 2. The van der Waals surface area contributed by atoms with Crippen molar-refractivity contribution in [3.8, 4) is 0 Å². The lowest BCUT2D eigenvalue weighted by atomic mass is 9.88. The third kappa shape index (κ3) is 2.27. The third-order valence-electron chi connectivity index (χ3n) is 4.10. The Morgan fingerprint density at radius 2 is 2.15 bits per heavy atom. The average Bonchev–Trinajstić information content (AvgIpc) is 3.03. The highest BCUT2D eigenvalue weighted by atomic mass is 19.1. The van der Waals surface area contributed by atoms with E-state index in [0.29, 0.717) is 11.7 Å². The van der Waals surface area contributed by atoms with Crippen LogP contribution in [0.5, 0.6) is 0 Å². The van der Waals surface area contributed by atoms with Crippen molar-refractivity contribution in [2.24, 2.45) is 5.92 Å². The standard InChI is InChI=1S/C14H15FN2O3/c15-11-3-1-8(5-9(11)14(19)20)17-13(18)10-6-7-2-4-12(10)16-7/h1,3,5,7,10,12,16H,2,4,6H2,(H,17,18)(H,19,20). The van der Waals surface area contributed by atoms with Crippen molar-refractivity contribution in [1.29, 1.82) is 0 Å². The minimum atomic E-state index is -1.35. The topological polar surface area (TPSA) is 78.4 Å². The van der Waals surface area contributed by atoms with Crippen LogP contribution in [0.3, 0.4) is 0 Å². The van der Waals surface area contributed by atoms with E-state index < -0.39 is 17.3 Å². The molecule has 1 aromatic carbocycles. The van der Waals surface area contributed by atoms with Crippen LogP contribution in [0.15, 0.2) is 18.2 Å². The number of carbonyl (C=O) groups excluding carboxylic acids is 1. The second-order valence-corrected chi connectivity index (χ2v) is 5.38. The summed E-state index contributed by atoms with van der Waals surface area (Å²) in [5.41, 5.74) is -0.120. The van der Waals surface area contributed by atoms with E-state index in [0.717, 1.165) is 31.4 Å². The quantitative estimate of drug-likeness (QED) is 0.784. The minimum absolute atomic E-state index is 0.0907. The monoisotopic (exact) mass is 278 g/mol. The maximum absolute atomic E-state index is 13.3. The molecule has 3 rings (SSSR count). The number of nitrogens with one attached hydrogen (secondary N) is 2. The zero-order valence-corrected chi connectivity index (χ0v) is 10.7. The van der Waals surface area contributed by atoms with Crippen molar-refractivity contribution >= 4 is 17.6 Å². The number of benzene rings is 1. The molecule has 0 saturated carbocycles. The number of anilines is 1. The number of hydrogen-bond acceptors (Lipinski definition) is 3. The van der Waals surface area contributed by atoms with Gasteiger partial charge in [-0.3, -0.25) is 4.79 Å². The average molecular weight is 278 g/mol. The molecule has 6 heteroatoms. The van der Waals surface area contributed by atoms with Gasteiger partial charge in [-0.25, -0.2) is 9.18 Å². The zero-order chi connectivity index (χ0) is 14.3. The van der Waals surface area contributed by atoms with Gasteiger partial charge in [0.05, 0.1) is 11.5 Å². The van der Waals surface area contributed by atoms with Crippen molar-refractivity contribution in [3.63, 3.8) is 0 Å². The molecular weight excluding hydrogens is 263 g/mol. The van der Waals surface area contributed by atoms with Gasteiger partial charge in [-0.15, -0.1) is 0 Å². The van der Waals surface area contributed by atoms with Crippen molar-refractivity contribution in [1.82, 2.24) is 5.32 Å². The summed E-state index contributed by atoms with van der Waals surface area (Å²) in [6.07, 6.45) is 2.91. The highest BCUT2D eigenvalue weighted by Crippen LogP contribution is 2.34. The van der Waals surface area contributed by atoms with Crippen molar-refractivity contribution in [3.05, 3.63) is 29.6 Å². The van der Waals surface area contributed by atoms with Crippen LogP contribution < -0.4 is 10.6 Å². The van der Waals surface area contributed by atoms with Crippen LogP contribution in [0.4, 0.5) is 10.1 Å². The van der Waals surface area contributed by atoms with Gasteiger partial charge in [0.1, 0.15) is 5.82 Å². The fourth-order valence-corrected chi connectivity index (χ4v) is 3.12. The Bertz CT molecular complexity index is 576. The molecule has 1 aromatic rings. The molecule has 0 radical (unpaired) electrons. The fraction of sp³-hybridized carbons (Fsp3) is 0.429. The van der Waals surface area contributed by atoms with Gasteiger partial charge >= 0.3 is 5.97 Å². The van der Waals surface area contributed by atoms with Gasteiger partial charge in [0.25, 0.3) is 0 Å². The van der Waals surface area contributed by atoms with E-state index in [4.69, 9.17) is 5.11 Å². The predicted molar refractivity (Wildman–Crippen MR) is 70.0 cm³/mol. The molecule has 106 valence electrons. The van der Waals surface area contributed by atoms with Gasteiger partial charge in [-0.1, -0.05) is 0 Å². The molecule has 2 fully saturated rings. The first-order valence-corrected chi connectivity index (χ1v) is 6.64. The highest BCUT2D eigenvalue weighted by molar-refractivity contribution is 5.95. The first-order valence-electron chi connectivity index (χ1n) is 6.64. The van der Waals surface area contributed by atoms with E-state index in [1.807, 2.05) is 0 Å². The van der Waals surface area contributed by atoms with Crippen LogP contribution in [0.2, 0.25) is 0 Å². The molecule has 2 saturated heterocycles. The third-order valence-corrected chi connectivity index (χ3v) is 4.10. The maximum Gasteiger partial charge on any atom is 0.338 e. The van der Waals surface area contributed by atoms with Gasteiger partial charge in [-0.05, 0) is 37.5 Å². The number of rotatable bonds is 3. The van der Waals surface area contributed by atoms with Crippen LogP contribution in [-0.4, -0.2) is 29.1 Å². The molecule has 5 nitrogen and oxygen atoms in total. The molecule has 3 atom stereocenters. The van der Waals surface area contributed by atoms with Crippen LogP contribution in [0, 0.1) is 11.7 Å². The largest absolute Gasteiger partial charge is 0.478 e. The Balaban J connectivity index is 1.73. The summed E-state index contributed by atoms with van der Waals surface area (Å²) in [6, 6.07) is 4.20. The van der Waals surface area contributed by atoms with Crippen molar-refractivity contribution < 1.29 is 19.1 Å². The summed E-state index contributed by atoms with van der Waals surface area (Å²) < 4.78 is 13.3. The lowest BCUT2D eigenvalue weighted by molar-refractivity contribution is -0.120. The van der Waals surface area contributed by atoms with Gasteiger partial charge in [0.15, 0.2) is 0 Å². The maximum atomic E-state index is 13.3. The number of carboxylic acids is 1. The predicted octanol–water partition coefficient (Wildman–Crippen LogP) is 1.60. The van der Waals surface area contributed by atoms with Crippen LogP contribution in [0.25, 0.3) is 0 Å². The van der Waals surface area contributed by atoms with E-state index in [1.54, 1.807) is 0 Å². The summed E-state index contributed by atoms with van der Waals surface area (Å²) in [5.74, 6) is -2.38. The molecule has 2 aliphatic rings. The fourth-order valence-electron chi connectivity index (χ4n) is 3.12. The number of fused-ring (bicyclic) bond motifs is 2. The lowest BCUT2D eigenvalue weighted by Gasteiger charge is -2.19. The van der Waals surface area contributed by atoms with Crippen LogP contribution >= 0.6 is 0 Å². The number of halogens is 1. The number of amides is 1. The Labute approximate surface area is 115 Å². The van der Waals surface area contributed by atoms with E-state index in [1.165, 1.54) is 6.07 Å². The molecule has 3 N–H and O–H groups in total. The van der Waals surface area contributed by atoms with Crippen molar-refractivity contribution in [2.75, 3.05) is 5.32 Å². The Morgan fingerprint density at radius 3 is 2.75 bits per heavy atom. The molecule has 0 aromatic heterocycles. The second-order valence-electron chi connectivity index (χ2n) is 5.38. The molecule has 2 heterocycles. The zero-order valence-electron chi connectivity index (χ0n) is 10.7. The molecular formula is C14H15FN2O3. The van der Waals surface area contributed by atoms with Crippen LogP contribution in [-0.2, 0) is 4.79 Å². The first-order chi connectivity index (χ1) is 9.54. The molecule has 0 spiro atoms. The summed E-state index contributed by atoms with van der Waals surface area (Å²) in [6.45, 7) is 0. The Morgan fingerprint density at radius 1 is 1.35 bits per heavy atom. The van der Waals surface area contributed by atoms with Gasteiger partial charge in [-0.2, -0.15) is 0 Å². The van der Waals surface area contributed by atoms with E-state index >= 15 is 0 Å². The molecule has 0 aliphatic carbocycles. The summed E-state index contributed by atoms with van der Waals surface area (Å²) in [4.78, 5) is 23.0. The van der Waals surface area contributed by atoms with Gasteiger partial charge < -0.3 is 15.7 Å². The molecule has 2 aliphatic heterocycles. The Hall–Kier alpha value is -1.95. The van der Waals surface area contributed by atoms with Crippen LogP contribution in [0.1, 0.15) is 29.6 Å². The van der Waals surface area contributed by atoms with E-state index in [-0.39, 0.29) is 17.9 Å². The summed E-state index contributed by atoms with van der Waals surface area (Å²) in [5, 5.41) is 14.9. The molecule has 3 unspecified atom stereocenters. The molecule has 20 heavy (non-hydrogen) atoms. The smallest absolute Gasteiger partial charge is 0.338 e.